The molecule has 0 N–H and O–H groups in total. The number of aromatic nitrogens is 1. The number of non-ortho nitro benzene ring substituents is 1. The van der Waals surface area contributed by atoms with Crippen molar-refractivity contribution in [1.82, 2.24) is 4.57 Å². The van der Waals surface area contributed by atoms with Gasteiger partial charge in [-0.1, -0.05) is 12.1 Å². The molecule has 5 nitrogen and oxygen atoms in total. The fourth-order valence-corrected chi connectivity index (χ4v) is 3.10. The lowest BCUT2D eigenvalue weighted by molar-refractivity contribution is -0.383. The molecule has 100 valence electrons. The van der Waals surface area contributed by atoms with Crippen molar-refractivity contribution in [2.75, 3.05) is 0 Å². The molecule has 0 fully saturated rings. The van der Waals surface area contributed by atoms with Gasteiger partial charge < -0.3 is 4.57 Å². The smallest absolute Gasteiger partial charge is 0.278 e. The minimum atomic E-state index is -0.356. The van der Waals surface area contributed by atoms with Gasteiger partial charge in [0.2, 0.25) is 0 Å². The molecule has 2 aromatic carbocycles. The van der Waals surface area contributed by atoms with Crippen LogP contribution in [0.4, 0.5) is 5.69 Å². The fourth-order valence-electron chi connectivity index (χ4n) is 3.10. The predicted molar refractivity (Wildman–Crippen MR) is 77.5 cm³/mol. The van der Waals surface area contributed by atoms with E-state index in [1.807, 2.05) is 28.8 Å². The number of nitriles is 1. The van der Waals surface area contributed by atoms with Crippen molar-refractivity contribution in [3.05, 3.63) is 69.4 Å². The van der Waals surface area contributed by atoms with Gasteiger partial charge >= 0.3 is 0 Å². The number of nitro benzene ring substituents is 1. The Bertz CT molecular complexity index is 964. The van der Waals surface area contributed by atoms with E-state index in [1.54, 1.807) is 12.1 Å². The maximum Gasteiger partial charge on any atom is 0.278 e. The van der Waals surface area contributed by atoms with Crippen LogP contribution in [0.1, 0.15) is 16.8 Å². The second kappa shape index (κ2) is 3.93. The molecule has 0 aliphatic carbocycles. The normalized spacial score (nSPS) is 12.0. The third-order valence-electron chi connectivity index (χ3n) is 3.97. The van der Waals surface area contributed by atoms with Crippen molar-refractivity contribution in [2.24, 2.45) is 0 Å². The second-order valence-electron chi connectivity index (χ2n) is 5.03. The van der Waals surface area contributed by atoms with Crippen LogP contribution in [0.2, 0.25) is 0 Å². The summed E-state index contributed by atoms with van der Waals surface area (Å²) in [5, 5.41) is 21.0. The summed E-state index contributed by atoms with van der Waals surface area (Å²) < 4.78 is 2.01. The topological polar surface area (TPSA) is 71.9 Å². The molecule has 2 heterocycles. The Hall–Kier alpha value is -3.13. The quantitative estimate of drug-likeness (QED) is 0.395. The first-order valence-corrected chi connectivity index (χ1v) is 6.51. The average molecular weight is 275 g/mol. The number of nitro groups is 1. The summed E-state index contributed by atoms with van der Waals surface area (Å²) in [6.45, 7) is 0. The maximum atomic E-state index is 11.1. The third kappa shape index (κ3) is 1.44. The van der Waals surface area contributed by atoms with Crippen molar-refractivity contribution < 1.29 is 4.92 Å². The lowest BCUT2D eigenvalue weighted by Crippen LogP contribution is -1.94. The van der Waals surface area contributed by atoms with Gasteiger partial charge in [-0.05, 0) is 29.8 Å². The van der Waals surface area contributed by atoms with Gasteiger partial charge in [-0.15, -0.1) is 0 Å². The summed E-state index contributed by atoms with van der Waals surface area (Å²) in [6.07, 6.45) is 0.630. The molecular formula is C16H9N3O2. The summed E-state index contributed by atoms with van der Waals surface area (Å²) in [6, 6.07) is 14.7. The van der Waals surface area contributed by atoms with E-state index in [0.29, 0.717) is 17.4 Å². The number of nitrogens with zero attached hydrogens (tertiary/aromatic N) is 3. The van der Waals surface area contributed by atoms with Gasteiger partial charge in [0.05, 0.1) is 33.1 Å². The molecule has 5 heteroatoms. The molecule has 0 radical (unpaired) electrons. The third-order valence-corrected chi connectivity index (χ3v) is 3.97. The SMILES string of the molecule is N#Cc1cccc2c1Cc1cc3c([N+](=O)[O-])cccc3n1-2. The lowest BCUT2D eigenvalue weighted by Gasteiger charge is -2.05. The molecule has 4 rings (SSSR count). The number of hydrogen-bond acceptors (Lipinski definition) is 3. The first-order chi connectivity index (χ1) is 10.2. The van der Waals surface area contributed by atoms with Gasteiger partial charge in [0.1, 0.15) is 0 Å². The van der Waals surface area contributed by atoms with E-state index in [4.69, 9.17) is 0 Å². The molecule has 21 heavy (non-hydrogen) atoms. The molecule has 0 saturated carbocycles. The van der Waals surface area contributed by atoms with Gasteiger partial charge in [0.15, 0.2) is 0 Å². The Morgan fingerprint density at radius 3 is 2.81 bits per heavy atom. The molecule has 0 spiro atoms. The largest absolute Gasteiger partial charge is 0.313 e. The van der Waals surface area contributed by atoms with Gasteiger partial charge in [-0.25, -0.2) is 0 Å². The van der Waals surface area contributed by atoms with Gasteiger partial charge in [0, 0.05) is 18.2 Å². The zero-order valence-electron chi connectivity index (χ0n) is 10.9. The highest BCUT2D eigenvalue weighted by Gasteiger charge is 2.26. The molecule has 0 unspecified atom stereocenters. The van der Waals surface area contributed by atoms with Crippen LogP contribution in [0.15, 0.2) is 42.5 Å². The highest BCUT2D eigenvalue weighted by atomic mass is 16.6. The fraction of sp³-hybridized carbons (Fsp3) is 0.0625. The first kappa shape index (κ1) is 11.7. The number of rotatable bonds is 1. The Morgan fingerprint density at radius 1 is 1.24 bits per heavy atom. The summed E-state index contributed by atoms with van der Waals surface area (Å²) in [4.78, 5) is 10.8. The van der Waals surface area contributed by atoms with Crippen LogP contribution in [0, 0.1) is 21.4 Å². The van der Waals surface area contributed by atoms with Crippen LogP contribution in [-0.4, -0.2) is 9.49 Å². The number of fused-ring (bicyclic) bond motifs is 5. The van der Waals surface area contributed by atoms with E-state index in [-0.39, 0.29) is 10.6 Å². The number of hydrogen-bond donors (Lipinski definition) is 0. The predicted octanol–water partition coefficient (Wildman–Crippen LogP) is 3.31. The summed E-state index contributed by atoms with van der Waals surface area (Å²) >= 11 is 0. The van der Waals surface area contributed by atoms with Crippen LogP contribution in [-0.2, 0) is 6.42 Å². The molecule has 3 aromatic rings. The zero-order valence-corrected chi connectivity index (χ0v) is 10.9. The Labute approximate surface area is 119 Å². The average Bonchev–Trinajstić information content (AvgIpc) is 3.01. The van der Waals surface area contributed by atoms with Crippen LogP contribution < -0.4 is 0 Å². The van der Waals surface area contributed by atoms with Gasteiger partial charge in [-0.2, -0.15) is 5.26 Å². The molecule has 1 aromatic heterocycles. The minimum Gasteiger partial charge on any atom is -0.313 e. The van der Waals surface area contributed by atoms with Gasteiger partial charge in [0.25, 0.3) is 5.69 Å². The van der Waals surface area contributed by atoms with Crippen molar-refractivity contribution in [2.45, 2.75) is 6.42 Å². The van der Waals surface area contributed by atoms with Crippen molar-refractivity contribution >= 4 is 16.6 Å². The van der Waals surface area contributed by atoms with Crippen molar-refractivity contribution in [3.8, 4) is 11.8 Å². The van der Waals surface area contributed by atoms with Crippen LogP contribution in [0.25, 0.3) is 16.6 Å². The highest BCUT2D eigenvalue weighted by molar-refractivity contribution is 5.92. The van der Waals surface area contributed by atoms with Crippen LogP contribution in [0.5, 0.6) is 0 Å². The minimum absolute atomic E-state index is 0.118. The molecule has 1 aliphatic heterocycles. The van der Waals surface area contributed by atoms with E-state index in [1.165, 1.54) is 6.07 Å². The molecule has 0 bridgehead atoms. The monoisotopic (exact) mass is 275 g/mol. The molecular weight excluding hydrogens is 266 g/mol. The van der Waals surface area contributed by atoms with Crippen LogP contribution in [0.3, 0.4) is 0 Å². The Kier molecular flexibility index (Phi) is 2.19. The lowest BCUT2D eigenvalue weighted by atomic mass is 10.0. The van der Waals surface area contributed by atoms with Gasteiger partial charge in [-0.3, -0.25) is 10.1 Å². The first-order valence-electron chi connectivity index (χ1n) is 6.51. The molecule has 0 atom stereocenters. The summed E-state index contributed by atoms with van der Waals surface area (Å²) in [5.74, 6) is 0. The van der Waals surface area contributed by atoms with E-state index in [2.05, 4.69) is 6.07 Å². The Balaban J connectivity index is 2.08. The van der Waals surface area contributed by atoms with Crippen molar-refractivity contribution in [1.29, 1.82) is 5.26 Å². The summed E-state index contributed by atoms with van der Waals surface area (Å²) in [7, 11) is 0. The molecule has 0 saturated heterocycles. The maximum absolute atomic E-state index is 11.1. The van der Waals surface area contributed by atoms with Crippen LogP contribution >= 0.6 is 0 Å². The molecule has 0 amide bonds. The number of benzene rings is 2. The molecule has 1 aliphatic rings. The van der Waals surface area contributed by atoms with E-state index in [9.17, 15) is 15.4 Å². The zero-order chi connectivity index (χ0) is 14.6. The van der Waals surface area contributed by atoms with E-state index in [0.717, 1.165) is 22.5 Å². The van der Waals surface area contributed by atoms with Crippen molar-refractivity contribution in [3.63, 3.8) is 0 Å². The van der Waals surface area contributed by atoms with E-state index >= 15 is 0 Å². The summed E-state index contributed by atoms with van der Waals surface area (Å²) in [5.41, 5.74) is 4.51. The standard InChI is InChI=1S/C16H9N3O2/c17-9-10-3-1-4-14-12(10)7-11-8-13-15(18(11)14)5-2-6-16(13)19(20)21/h1-6,8H,7H2. The van der Waals surface area contributed by atoms with E-state index < -0.39 is 0 Å². The highest BCUT2D eigenvalue weighted by Crippen LogP contribution is 2.38. The second-order valence-corrected chi connectivity index (χ2v) is 5.03. The Morgan fingerprint density at radius 2 is 2.05 bits per heavy atom.